The summed E-state index contributed by atoms with van der Waals surface area (Å²) in [4.78, 5) is 39.2. The van der Waals surface area contributed by atoms with E-state index in [9.17, 15) is 14.4 Å². The van der Waals surface area contributed by atoms with E-state index in [1.54, 1.807) is 18.2 Å². The first kappa shape index (κ1) is 21.7. The molecule has 0 aliphatic carbocycles. The molecule has 8 heteroatoms. The molecule has 2 aromatic rings. The van der Waals surface area contributed by atoms with Gasteiger partial charge >= 0.3 is 0 Å². The smallest absolute Gasteiger partial charge is 0.267 e. The summed E-state index contributed by atoms with van der Waals surface area (Å²) in [5.41, 5.74) is 2.61. The van der Waals surface area contributed by atoms with Gasteiger partial charge in [-0.3, -0.25) is 24.5 Å². The van der Waals surface area contributed by atoms with E-state index in [0.29, 0.717) is 36.3 Å². The topological polar surface area (TPSA) is 108 Å². The Morgan fingerprint density at radius 3 is 2.75 bits per heavy atom. The largest absolute Gasteiger partial charge is 0.486 e. The summed E-state index contributed by atoms with van der Waals surface area (Å²) in [5, 5.41) is 11.5. The van der Waals surface area contributed by atoms with Gasteiger partial charge in [-0.05, 0) is 43.0 Å². The average Bonchev–Trinajstić information content (AvgIpc) is 2.80. The number of hydrogen-bond donors (Lipinski definition) is 3. The van der Waals surface area contributed by atoms with Crippen LogP contribution in [0.25, 0.3) is 6.08 Å². The fourth-order valence-corrected chi connectivity index (χ4v) is 4.26. The molecule has 2 atom stereocenters. The van der Waals surface area contributed by atoms with Gasteiger partial charge in [0.1, 0.15) is 11.4 Å². The van der Waals surface area contributed by atoms with E-state index in [4.69, 9.17) is 9.94 Å². The number of piperidine rings is 1. The molecule has 2 heterocycles. The van der Waals surface area contributed by atoms with Crippen molar-refractivity contribution >= 4 is 29.4 Å². The van der Waals surface area contributed by atoms with Gasteiger partial charge in [0.15, 0.2) is 5.78 Å². The summed E-state index contributed by atoms with van der Waals surface area (Å²) in [6.07, 6.45) is 3.91. The van der Waals surface area contributed by atoms with Crippen LogP contribution in [0.3, 0.4) is 0 Å². The molecule has 2 aromatic carbocycles. The van der Waals surface area contributed by atoms with E-state index in [1.807, 2.05) is 42.3 Å². The van der Waals surface area contributed by atoms with Crippen molar-refractivity contribution in [3.05, 3.63) is 65.7 Å². The second kappa shape index (κ2) is 8.94. The van der Waals surface area contributed by atoms with Gasteiger partial charge in [-0.15, -0.1) is 0 Å². The zero-order valence-corrected chi connectivity index (χ0v) is 17.7. The second-order valence-corrected chi connectivity index (χ2v) is 8.26. The van der Waals surface area contributed by atoms with Crippen molar-refractivity contribution in [1.29, 1.82) is 0 Å². The molecule has 166 valence electrons. The van der Waals surface area contributed by atoms with Crippen molar-refractivity contribution < 1.29 is 24.3 Å². The number of likely N-dealkylation sites (tertiary alicyclic amines) is 1. The molecule has 1 saturated heterocycles. The fraction of sp³-hybridized carbons (Fsp3) is 0.292. The van der Waals surface area contributed by atoms with E-state index >= 15 is 0 Å². The van der Waals surface area contributed by atoms with Crippen molar-refractivity contribution in [2.24, 2.45) is 0 Å². The number of anilines is 1. The third-order valence-electron chi connectivity index (χ3n) is 6.01. The number of rotatable bonds is 4. The highest BCUT2D eigenvalue weighted by Crippen LogP contribution is 2.41. The van der Waals surface area contributed by atoms with Crippen LogP contribution in [0.1, 0.15) is 35.2 Å². The lowest BCUT2D eigenvalue weighted by Crippen LogP contribution is -2.57. The van der Waals surface area contributed by atoms with Gasteiger partial charge in [0.2, 0.25) is 5.91 Å². The van der Waals surface area contributed by atoms with Gasteiger partial charge in [-0.25, -0.2) is 5.48 Å². The molecule has 0 radical (unpaired) electrons. The number of benzene rings is 2. The number of likely N-dealkylation sites (N-methyl/N-ethyl adjacent to an activating group) is 1. The Morgan fingerprint density at radius 2 is 2.00 bits per heavy atom. The van der Waals surface area contributed by atoms with Gasteiger partial charge < -0.3 is 10.1 Å². The molecule has 2 unspecified atom stereocenters. The number of nitrogens with zero attached hydrogens (tertiary/aromatic N) is 1. The minimum Gasteiger partial charge on any atom is -0.486 e. The van der Waals surface area contributed by atoms with Crippen LogP contribution in [0.2, 0.25) is 0 Å². The monoisotopic (exact) mass is 435 g/mol. The third-order valence-corrected chi connectivity index (χ3v) is 6.01. The Hall–Kier alpha value is -3.49. The van der Waals surface area contributed by atoms with Gasteiger partial charge in [-0.2, -0.15) is 0 Å². The highest BCUT2D eigenvalue weighted by molar-refractivity contribution is 6.01. The molecule has 4 rings (SSSR count). The molecule has 3 N–H and O–H groups in total. The number of ether oxygens (including phenoxy) is 1. The molecule has 8 nitrogen and oxygen atoms in total. The Balaban J connectivity index is 1.52. The van der Waals surface area contributed by atoms with E-state index in [1.165, 1.54) is 17.6 Å². The maximum Gasteiger partial charge on any atom is 0.267 e. The van der Waals surface area contributed by atoms with Crippen molar-refractivity contribution in [3.8, 4) is 5.75 Å². The van der Waals surface area contributed by atoms with E-state index < -0.39 is 17.6 Å². The van der Waals surface area contributed by atoms with E-state index in [0.717, 1.165) is 5.69 Å². The van der Waals surface area contributed by atoms with Crippen LogP contribution in [0.5, 0.6) is 5.75 Å². The van der Waals surface area contributed by atoms with Crippen LogP contribution in [0, 0.1) is 0 Å². The molecule has 0 bridgehead atoms. The van der Waals surface area contributed by atoms with E-state index in [-0.39, 0.29) is 18.1 Å². The maximum atomic E-state index is 13.0. The number of ketones is 1. The van der Waals surface area contributed by atoms with Crippen molar-refractivity contribution in [2.45, 2.75) is 30.9 Å². The van der Waals surface area contributed by atoms with Crippen LogP contribution >= 0.6 is 0 Å². The SMILES string of the molecule is CN1CCC2(CC(=O)c3cc(/C=C/C(=O)NO)ccc3O2)CC1C(=O)Nc1ccccc1. The van der Waals surface area contributed by atoms with Crippen molar-refractivity contribution in [1.82, 2.24) is 10.4 Å². The molecule has 1 spiro atoms. The van der Waals surface area contributed by atoms with Gasteiger partial charge in [0.25, 0.3) is 5.91 Å². The standard InChI is InChI=1S/C24H25N3O5/c1-27-12-11-24(14-19(27)23(30)25-17-5-3-2-4-6-17)15-20(28)18-13-16(7-9-21(18)32-24)8-10-22(29)26-31/h2-10,13,19,31H,11-12,14-15H2,1H3,(H,25,30)(H,26,29)/b10-8+. The molecule has 2 amide bonds. The molecule has 2 aliphatic rings. The minimum absolute atomic E-state index is 0.0557. The number of carbonyl (C=O) groups excluding carboxylic acids is 3. The third kappa shape index (κ3) is 4.56. The Morgan fingerprint density at radius 1 is 1.22 bits per heavy atom. The molecule has 0 saturated carbocycles. The lowest BCUT2D eigenvalue weighted by Gasteiger charge is -2.46. The van der Waals surface area contributed by atoms with Crippen LogP contribution in [-0.2, 0) is 9.59 Å². The summed E-state index contributed by atoms with van der Waals surface area (Å²) in [6, 6.07) is 14.0. The number of fused-ring (bicyclic) bond motifs is 1. The zero-order valence-electron chi connectivity index (χ0n) is 17.7. The summed E-state index contributed by atoms with van der Waals surface area (Å²) in [6.45, 7) is 0.632. The lowest BCUT2D eigenvalue weighted by atomic mass is 9.79. The first-order valence-corrected chi connectivity index (χ1v) is 10.4. The number of amides is 2. The summed E-state index contributed by atoms with van der Waals surface area (Å²) < 4.78 is 6.34. The Bertz CT molecular complexity index is 1070. The molecule has 0 aromatic heterocycles. The van der Waals surface area contributed by atoms with Crippen LogP contribution in [0.15, 0.2) is 54.6 Å². The summed E-state index contributed by atoms with van der Waals surface area (Å²) in [5.74, 6) is -0.352. The predicted molar refractivity (Wildman–Crippen MR) is 118 cm³/mol. The number of para-hydroxylation sites is 1. The van der Waals surface area contributed by atoms with E-state index in [2.05, 4.69) is 5.32 Å². The number of nitrogens with one attached hydrogen (secondary N) is 2. The highest BCUT2D eigenvalue weighted by atomic mass is 16.5. The minimum atomic E-state index is -0.733. The molecule has 2 aliphatic heterocycles. The normalized spacial score (nSPS) is 22.9. The number of carbonyl (C=O) groups is 3. The molecule has 32 heavy (non-hydrogen) atoms. The van der Waals surface area contributed by atoms with Gasteiger partial charge in [0, 0.05) is 31.1 Å². The maximum absolute atomic E-state index is 13.0. The number of hydrogen-bond acceptors (Lipinski definition) is 6. The van der Waals surface area contributed by atoms with Gasteiger partial charge in [0.05, 0.1) is 18.0 Å². The number of Topliss-reactive ketones (excluding diaryl/α,β-unsaturated/α-hetero) is 1. The Labute approximate surface area is 185 Å². The van der Waals surface area contributed by atoms with Crippen LogP contribution in [-0.4, -0.2) is 52.9 Å². The number of hydroxylamine groups is 1. The first-order chi connectivity index (χ1) is 15.4. The summed E-state index contributed by atoms with van der Waals surface area (Å²) in [7, 11) is 1.90. The highest BCUT2D eigenvalue weighted by Gasteiger charge is 2.47. The molecular weight excluding hydrogens is 410 g/mol. The van der Waals surface area contributed by atoms with Crippen molar-refractivity contribution in [2.75, 3.05) is 18.9 Å². The van der Waals surface area contributed by atoms with Crippen LogP contribution < -0.4 is 15.5 Å². The quantitative estimate of drug-likeness (QED) is 0.387. The van der Waals surface area contributed by atoms with Crippen LogP contribution in [0.4, 0.5) is 5.69 Å². The predicted octanol–water partition coefficient (Wildman–Crippen LogP) is 2.64. The lowest BCUT2D eigenvalue weighted by molar-refractivity contribution is -0.126. The van der Waals surface area contributed by atoms with Crippen molar-refractivity contribution in [3.63, 3.8) is 0 Å². The summed E-state index contributed by atoms with van der Waals surface area (Å²) >= 11 is 0. The second-order valence-electron chi connectivity index (χ2n) is 8.26. The average molecular weight is 435 g/mol. The Kier molecular flexibility index (Phi) is 6.07. The zero-order chi connectivity index (χ0) is 22.7. The van der Waals surface area contributed by atoms with Gasteiger partial charge in [-0.1, -0.05) is 24.3 Å². The fourth-order valence-electron chi connectivity index (χ4n) is 4.26. The first-order valence-electron chi connectivity index (χ1n) is 10.4. The molecular formula is C24H25N3O5. The molecule has 1 fully saturated rings.